The van der Waals surface area contributed by atoms with Crippen molar-refractivity contribution in [2.75, 3.05) is 5.32 Å². The van der Waals surface area contributed by atoms with Crippen LogP contribution in [0, 0.1) is 6.92 Å². The van der Waals surface area contributed by atoms with Crippen LogP contribution in [0.4, 0.5) is 5.82 Å². The van der Waals surface area contributed by atoms with Gasteiger partial charge < -0.3 is 14.7 Å². The third-order valence-electron chi connectivity index (χ3n) is 5.54. The van der Waals surface area contributed by atoms with E-state index in [1.54, 1.807) is 37.3 Å². The van der Waals surface area contributed by atoms with Gasteiger partial charge in [0.15, 0.2) is 5.76 Å². The molecule has 0 bridgehead atoms. The van der Waals surface area contributed by atoms with Crippen LogP contribution in [-0.4, -0.2) is 36.4 Å². The third kappa shape index (κ3) is 4.17. The molecule has 0 spiro atoms. The van der Waals surface area contributed by atoms with Gasteiger partial charge in [0.05, 0.1) is 11.8 Å². The molecule has 0 saturated carbocycles. The van der Waals surface area contributed by atoms with Gasteiger partial charge in [0.2, 0.25) is 5.95 Å². The van der Waals surface area contributed by atoms with Crippen LogP contribution in [-0.2, 0) is 11.2 Å². The lowest BCUT2D eigenvalue weighted by Crippen LogP contribution is -2.25. The third-order valence-corrected chi connectivity index (χ3v) is 5.54. The Labute approximate surface area is 199 Å². The van der Waals surface area contributed by atoms with E-state index in [9.17, 15) is 14.4 Å². The fourth-order valence-electron chi connectivity index (χ4n) is 4.01. The van der Waals surface area contributed by atoms with E-state index in [4.69, 9.17) is 4.42 Å². The van der Waals surface area contributed by atoms with E-state index in [0.29, 0.717) is 40.2 Å². The second-order valence-electron chi connectivity index (χ2n) is 8.07. The lowest BCUT2D eigenvalue weighted by Gasteiger charge is -2.09. The molecule has 1 amide bonds. The minimum absolute atomic E-state index is 0.116. The Morgan fingerprint density at radius 3 is 2.71 bits per heavy atom. The summed E-state index contributed by atoms with van der Waals surface area (Å²) in [5, 5.41) is 7.76. The number of hydrogen-bond donors (Lipinski definition) is 3. The first-order valence-corrected chi connectivity index (χ1v) is 11.1. The summed E-state index contributed by atoms with van der Waals surface area (Å²) in [5.74, 6) is -0.829. The van der Waals surface area contributed by atoms with Crippen LogP contribution < -0.4 is 10.9 Å². The number of H-pyrrole nitrogens is 2. The number of nitrogens with zero attached hydrogens (tertiary/aromatic N) is 3. The molecule has 0 saturated heterocycles. The lowest BCUT2D eigenvalue weighted by atomic mass is 10.1. The normalized spacial score (nSPS) is 11.1. The zero-order chi connectivity index (χ0) is 24.5. The van der Waals surface area contributed by atoms with Gasteiger partial charge in [0, 0.05) is 34.4 Å². The van der Waals surface area contributed by atoms with E-state index >= 15 is 0 Å². The Balaban J connectivity index is 1.55. The smallest absolute Gasteiger partial charge is 0.298 e. The molecule has 4 heterocycles. The molecular weight excluding hydrogens is 448 g/mol. The SMILES string of the molecule is CCCc1cc(=O)[nH]c(-n2nc(-c3ccco3)cc2NC(=O)C(=O)c2c(C)[nH]c3ccccc23)n1. The van der Waals surface area contributed by atoms with Gasteiger partial charge in [-0.3, -0.25) is 19.4 Å². The molecule has 10 nitrogen and oxygen atoms in total. The van der Waals surface area contributed by atoms with Crippen LogP contribution in [0.2, 0.25) is 0 Å². The number of anilines is 1. The highest BCUT2D eigenvalue weighted by Gasteiger charge is 2.25. The standard InChI is InChI=1S/C25H22N6O4/c1-3-7-15-12-21(32)29-25(27-15)31-20(13-18(30-31)19-10-6-11-35-19)28-24(34)23(33)22-14(2)26-17-9-5-4-8-16(17)22/h4-6,8-13,26H,3,7H2,1-2H3,(H,28,34)(H,27,29,32). The number of aromatic amines is 2. The maximum Gasteiger partial charge on any atom is 0.298 e. The number of carbonyl (C=O) groups excluding carboxylic acids is 2. The van der Waals surface area contributed by atoms with E-state index in [0.717, 1.165) is 11.9 Å². The predicted octanol–water partition coefficient (Wildman–Crippen LogP) is 3.78. The van der Waals surface area contributed by atoms with Crippen LogP contribution in [0.3, 0.4) is 0 Å². The number of carbonyl (C=O) groups is 2. The number of rotatable bonds is 7. The molecule has 5 aromatic rings. The van der Waals surface area contributed by atoms with Crippen molar-refractivity contribution in [3.63, 3.8) is 0 Å². The van der Waals surface area contributed by atoms with Crippen molar-refractivity contribution < 1.29 is 14.0 Å². The van der Waals surface area contributed by atoms with Crippen molar-refractivity contribution in [1.29, 1.82) is 0 Å². The molecule has 1 aromatic carbocycles. The molecule has 3 N–H and O–H groups in total. The molecule has 10 heteroatoms. The van der Waals surface area contributed by atoms with Crippen LogP contribution in [0.15, 0.2) is 64.0 Å². The first-order valence-electron chi connectivity index (χ1n) is 11.1. The molecule has 0 aliphatic rings. The van der Waals surface area contributed by atoms with Crippen LogP contribution >= 0.6 is 0 Å². The Morgan fingerprint density at radius 1 is 1.11 bits per heavy atom. The average molecular weight is 470 g/mol. The van der Waals surface area contributed by atoms with Gasteiger partial charge in [0.1, 0.15) is 11.5 Å². The second kappa shape index (κ2) is 8.90. The average Bonchev–Trinajstić information content (AvgIpc) is 3.56. The maximum atomic E-state index is 13.2. The molecule has 0 unspecified atom stereocenters. The predicted molar refractivity (Wildman–Crippen MR) is 130 cm³/mol. The summed E-state index contributed by atoms with van der Waals surface area (Å²) in [6, 6.07) is 13.7. The van der Waals surface area contributed by atoms with Crippen molar-refractivity contribution in [1.82, 2.24) is 24.7 Å². The summed E-state index contributed by atoms with van der Waals surface area (Å²) in [7, 11) is 0. The zero-order valence-electron chi connectivity index (χ0n) is 19.1. The van der Waals surface area contributed by atoms with Gasteiger partial charge in [-0.15, -0.1) is 0 Å². The van der Waals surface area contributed by atoms with Crippen molar-refractivity contribution in [3.05, 3.63) is 82.1 Å². The van der Waals surface area contributed by atoms with E-state index < -0.39 is 11.7 Å². The molecule has 0 aliphatic heterocycles. The van der Waals surface area contributed by atoms with Gasteiger partial charge >= 0.3 is 0 Å². The van der Waals surface area contributed by atoms with Gasteiger partial charge in [-0.05, 0) is 31.5 Å². The second-order valence-corrected chi connectivity index (χ2v) is 8.07. The summed E-state index contributed by atoms with van der Waals surface area (Å²) in [5.41, 5.74) is 2.28. The minimum atomic E-state index is -0.850. The van der Waals surface area contributed by atoms with Crippen molar-refractivity contribution in [2.24, 2.45) is 0 Å². The molecule has 5 rings (SSSR count). The van der Waals surface area contributed by atoms with Gasteiger partial charge in [-0.1, -0.05) is 31.5 Å². The summed E-state index contributed by atoms with van der Waals surface area (Å²) >= 11 is 0. The summed E-state index contributed by atoms with van der Waals surface area (Å²) in [4.78, 5) is 48.8. The molecular formula is C25H22N6O4. The number of amides is 1. The van der Waals surface area contributed by atoms with Crippen LogP contribution in [0.1, 0.15) is 35.1 Å². The first-order chi connectivity index (χ1) is 16.9. The monoisotopic (exact) mass is 470 g/mol. The summed E-state index contributed by atoms with van der Waals surface area (Å²) in [6.45, 7) is 3.73. The highest BCUT2D eigenvalue weighted by atomic mass is 16.3. The fourth-order valence-corrected chi connectivity index (χ4v) is 4.01. The summed E-state index contributed by atoms with van der Waals surface area (Å²) < 4.78 is 6.72. The van der Waals surface area contributed by atoms with E-state index in [-0.39, 0.29) is 17.3 Å². The number of furan rings is 1. The first kappa shape index (κ1) is 22.1. The van der Waals surface area contributed by atoms with Gasteiger partial charge in [-0.2, -0.15) is 9.78 Å². The number of aryl methyl sites for hydroxylation is 2. The minimum Gasteiger partial charge on any atom is -0.463 e. The number of aromatic nitrogens is 5. The number of para-hydroxylation sites is 1. The molecule has 0 aliphatic carbocycles. The molecule has 35 heavy (non-hydrogen) atoms. The Morgan fingerprint density at radius 2 is 1.94 bits per heavy atom. The largest absolute Gasteiger partial charge is 0.463 e. The summed E-state index contributed by atoms with van der Waals surface area (Å²) in [6.07, 6.45) is 2.90. The molecule has 4 aromatic heterocycles. The Kier molecular flexibility index (Phi) is 5.61. The van der Waals surface area contributed by atoms with E-state index in [2.05, 4.69) is 25.4 Å². The highest BCUT2D eigenvalue weighted by molar-refractivity contribution is 6.48. The van der Waals surface area contributed by atoms with Crippen molar-refractivity contribution >= 4 is 28.4 Å². The Bertz CT molecular complexity index is 1610. The lowest BCUT2D eigenvalue weighted by molar-refractivity contribution is -0.112. The van der Waals surface area contributed by atoms with Crippen LogP contribution in [0.25, 0.3) is 28.3 Å². The molecule has 0 radical (unpaired) electrons. The molecule has 0 atom stereocenters. The maximum absolute atomic E-state index is 13.2. The molecule has 0 fully saturated rings. The quantitative estimate of drug-likeness (QED) is 0.244. The van der Waals surface area contributed by atoms with Gasteiger partial charge in [0.25, 0.3) is 17.2 Å². The van der Waals surface area contributed by atoms with E-state index in [1.165, 1.54) is 17.0 Å². The number of benzene rings is 1. The number of hydrogen-bond acceptors (Lipinski definition) is 6. The van der Waals surface area contributed by atoms with Crippen molar-refractivity contribution in [3.8, 4) is 17.4 Å². The number of fused-ring (bicyclic) bond motifs is 1. The molecule has 176 valence electrons. The topological polar surface area (TPSA) is 139 Å². The highest BCUT2D eigenvalue weighted by Crippen LogP contribution is 2.26. The van der Waals surface area contributed by atoms with Crippen molar-refractivity contribution in [2.45, 2.75) is 26.7 Å². The van der Waals surface area contributed by atoms with Gasteiger partial charge in [-0.25, -0.2) is 4.98 Å². The Hall–Kier alpha value is -4.73. The van der Waals surface area contributed by atoms with E-state index in [1.807, 2.05) is 19.1 Å². The fraction of sp³-hybridized carbons (Fsp3) is 0.160. The number of ketones is 1. The van der Waals surface area contributed by atoms with Crippen LogP contribution in [0.5, 0.6) is 0 Å². The number of Topliss-reactive ketones (excluding diaryl/α,β-unsaturated/α-hetero) is 1. The number of nitrogens with one attached hydrogen (secondary N) is 3. The zero-order valence-corrected chi connectivity index (χ0v) is 19.1.